The van der Waals surface area contributed by atoms with Crippen LogP contribution in [0.1, 0.15) is 58.3 Å². The number of rotatable bonds is 3. The lowest BCUT2D eigenvalue weighted by molar-refractivity contribution is -0.131. The van der Waals surface area contributed by atoms with Crippen molar-refractivity contribution >= 4 is 5.91 Å². The molecule has 18 heavy (non-hydrogen) atoms. The Labute approximate surface area is 111 Å². The van der Waals surface area contributed by atoms with Gasteiger partial charge in [-0.05, 0) is 51.0 Å². The summed E-state index contributed by atoms with van der Waals surface area (Å²) >= 11 is 0. The molecule has 1 N–H and O–H groups in total. The van der Waals surface area contributed by atoms with Crippen molar-refractivity contribution in [3.8, 4) is 0 Å². The molecule has 0 aromatic carbocycles. The van der Waals surface area contributed by atoms with Crippen LogP contribution in [-0.4, -0.2) is 36.5 Å². The number of amides is 1. The summed E-state index contributed by atoms with van der Waals surface area (Å²) in [5.74, 6) is 1.18. The molecule has 2 aliphatic rings. The van der Waals surface area contributed by atoms with Gasteiger partial charge in [-0.2, -0.15) is 0 Å². The molecule has 2 fully saturated rings. The Balaban J connectivity index is 1.69. The van der Waals surface area contributed by atoms with Crippen LogP contribution in [0.2, 0.25) is 0 Å². The highest BCUT2D eigenvalue weighted by atomic mass is 16.2. The fraction of sp³-hybridized carbons (Fsp3) is 0.933. The van der Waals surface area contributed by atoms with Gasteiger partial charge in [0.05, 0.1) is 0 Å². The van der Waals surface area contributed by atoms with E-state index < -0.39 is 0 Å². The molecule has 3 nitrogen and oxygen atoms in total. The molecule has 2 atom stereocenters. The second-order valence-corrected chi connectivity index (χ2v) is 6.10. The van der Waals surface area contributed by atoms with Crippen LogP contribution in [0.5, 0.6) is 0 Å². The van der Waals surface area contributed by atoms with E-state index in [1.807, 2.05) is 0 Å². The van der Waals surface area contributed by atoms with Crippen LogP contribution < -0.4 is 5.32 Å². The Bertz CT molecular complexity index is 261. The van der Waals surface area contributed by atoms with Gasteiger partial charge in [-0.1, -0.05) is 13.3 Å². The minimum absolute atomic E-state index is 0.386. The molecule has 2 rings (SSSR count). The van der Waals surface area contributed by atoms with Crippen molar-refractivity contribution in [2.75, 3.05) is 19.6 Å². The van der Waals surface area contributed by atoms with E-state index in [1.165, 1.54) is 38.5 Å². The maximum absolute atomic E-state index is 12.2. The molecule has 2 aliphatic heterocycles. The Morgan fingerprint density at radius 3 is 2.83 bits per heavy atom. The summed E-state index contributed by atoms with van der Waals surface area (Å²) < 4.78 is 0. The molecule has 1 amide bonds. The average molecular weight is 252 g/mol. The number of hydrogen-bond donors (Lipinski definition) is 1. The van der Waals surface area contributed by atoms with Crippen molar-refractivity contribution in [3.63, 3.8) is 0 Å². The van der Waals surface area contributed by atoms with Crippen LogP contribution >= 0.6 is 0 Å². The molecule has 0 bridgehead atoms. The standard InChI is InChI=1S/C15H28N2O/c1-13-5-4-11-17(12-9-13)15(18)8-7-14-6-2-3-10-16-14/h13-14,16H,2-12H2,1H3. The van der Waals surface area contributed by atoms with E-state index in [-0.39, 0.29) is 0 Å². The molecule has 2 unspecified atom stereocenters. The number of likely N-dealkylation sites (tertiary alicyclic amines) is 1. The second kappa shape index (κ2) is 7.13. The molecular weight excluding hydrogens is 224 g/mol. The number of nitrogens with one attached hydrogen (secondary N) is 1. The molecule has 3 heteroatoms. The molecule has 2 saturated heterocycles. The second-order valence-electron chi connectivity index (χ2n) is 6.10. The van der Waals surface area contributed by atoms with Gasteiger partial charge in [0.15, 0.2) is 0 Å². The first-order chi connectivity index (χ1) is 8.75. The molecule has 2 heterocycles. The Kier molecular flexibility index (Phi) is 5.48. The number of carbonyl (C=O) groups is 1. The van der Waals surface area contributed by atoms with Gasteiger partial charge < -0.3 is 10.2 Å². The minimum atomic E-state index is 0.386. The van der Waals surface area contributed by atoms with Gasteiger partial charge in [0.25, 0.3) is 0 Å². The lowest BCUT2D eigenvalue weighted by atomic mass is 10.0. The van der Waals surface area contributed by atoms with Gasteiger partial charge in [0.1, 0.15) is 0 Å². The van der Waals surface area contributed by atoms with E-state index in [4.69, 9.17) is 0 Å². The lowest BCUT2D eigenvalue weighted by Crippen LogP contribution is -2.37. The summed E-state index contributed by atoms with van der Waals surface area (Å²) in [6.07, 6.45) is 9.32. The van der Waals surface area contributed by atoms with Crippen LogP contribution in [0.25, 0.3) is 0 Å². The predicted molar refractivity (Wildman–Crippen MR) is 74.5 cm³/mol. The fourth-order valence-corrected chi connectivity index (χ4v) is 3.14. The molecule has 0 radical (unpaired) electrons. The summed E-state index contributed by atoms with van der Waals surface area (Å²) in [5, 5.41) is 3.53. The summed E-state index contributed by atoms with van der Waals surface area (Å²) in [7, 11) is 0. The van der Waals surface area contributed by atoms with Crippen molar-refractivity contribution < 1.29 is 4.79 Å². The SMILES string of the molecule is CC1CCCN(C(=O)CCC2CCCCN2)CC1. The highest BCUT2D eigenvalue weighted by Crippen LogP contribution is 2.18. The van der Waals surface area contributed by atoms with Gasteiger partial charge >= 0.3 is 0 Å². The van der Waals surface area contributed by atoms with Gasteiger partial charge in [0.2, 0.25) is 5.91 Å². The maximum atomic E-state index is 12.2. The van der Waals surface area contributed by atoms with Crippen molar-refractivity contribution in [3.05, 3.63) is 0 Å². The summed E-state index contributed by atoms with van der Waals surface area (Å²) in [4.78, 5) is 14.3. The average Bonchev–Trinajstić information content (AvgIpc) is 2.62. The van der Waals surface area contributed by atoms with E-state index in [2.05, 4.69) is 17.1 Å². The third kappa shape index (κ3) is 4.27. The van der Waals surface area contributed by atoms with Crippen molar-refractivity contribution in [1.82, 2.24) is 10.2 Å². The zero-order valence-corrected chi connectivity index (χ0v) is 11.8. The first-order valence-electron chi connectivity index (χ1n) is 7.77. The van der Waals surface area contributed by atoms with Crippen LogP contribution in [0.15, 0.2) is 0 Å². The monoisotopic (exact) mass is 252 g/mol. The third-order valence-electron chi connectivity index (χ3n) is 4.49. The van der Waals surface area contributed by atoms with E-state index in [1.54, 1.807) is 0 Å². The minimum Gasteiger partial charge on any atom is -0.343 e. The quantitative estimate of drug-likeness (QED) is 0.837. The van der Waals surface area contributed by atoms with Crippen molar-refractivity contribution in [2.45, 2.75) is 64.3 Å². The zero-order valence-electron chi connectivity index (χ0n) is 11.8. The Morgan fingerprint density at radius 2 is 2.06 bits per heavy atom. The number of carbonyl (C=O) groups excluding carboxylic acids is 1. The number of hydrogen-bond acceptors (Lipinski definition) is 2. The normalized spacial score (nSPS) is 29.9. The van der Waals surface area contributed by atoms with Gasteiger partial charge in [-0.15, -0.1) is 0 Å². The van der Waals surface area contributed by atoms with Crippen LogP contribution in [0.4, 0.5) is 0 Å². The smallest absolute Gasteiger partial charge is 0.222 e. The van der Waals surface area contributed by atoms with Crippen LogP contribution in [-0.2, 0) is 4.79 Å². The van der Waals surface area contributed by atoms with Gasteiger partial charge in [0, 0.05) is 25.6 Å². The first-order valence-corrected chi connectivity index (χ1v) is 7.77. The van der Waals surface area contributed by atoms with Crippen molar-refractivity contribution in [2.24, 2.45) is 5.92 Å². The van der Waals surface area contributed by atoms with Gasteiger partial charge in [-0.25, -0.2) is 0 Å². The van der Waals surface area contributed by atoms with E-state index in [0.717, 1.165) is 38.4 Å². The highest BCUT2D eigenvalue weighted by molar-refractivity contribution is 5.76. The molecule has 0 aromatic rings. The first kappa shape index (κ1) is 13.9. The summed E-state index contributed by atoms with van der Waals surface area (Å²) in [6.45, 7) is 5.42. The predicted octanol–water partition coefficient (Wildman–Crippen LogP) is 2.56. The summed E-state index contributed by atoms with van der Waals surface area (Å²) in [6, 6.07) is 0.591. The Hall–Kier alpha value is -0.570. The molecule has 0 aliphatic carbocycles. The van der Waals surface area contributed by atoms with Gasteiger partial charge in [-0.3, -0.25) is 4.79 Å². The van der Waals surface area contributed by atoms with Crippen LogP contribution in [0, 0.1) is 5.92 Å². The molecule has 104 valence electrons. The van der Waals surface area contributed by atoms with Crippen molar-refractivity contribution in [1.29, 1.82) is 0 Å². The van der Waals surface area contributed by atoms with E-state index in [0.29, 0.717) is 11.9 Å². The number of piperidine rings is 1. The lowest BCUT2D eigenvalue weighted by Gasteiger charge is -2.25. The fourth-order valence-electron chi connectivity index (χ4n) is 3.14. The highest BCUT2D eigenvalue weighted by Gasteiger charge is 2.20. The Morgan fingerprint density at radius 1 is 1.17 bits per heavy atom. The van der Waals surface area contributed by atoms with E-state index in [9.17, 15) is 4.79 Å². The van der Waals surface area contributed by atoms with E-state index >= 15 is 0 Å². The van der Waals surface area contributed by atoms with Crippen LogP contribution in [0.3, 0.4) is 0 Å². The molecule has 0 aromatic heterocycles. The third-order valence-corrected chi connectivity index (χ3v) is 4.49. The molecule has 0 spiro atoms. The zero-order chi connectivity index (χ0) is 12.8. The summed E-state index contributed by atoms with van der Waals surface area (Å²) in [5.41, 5.74) is 0. The maximum Gasteiger partial charge on any atom is 0.222 e. The topological polar surface area (TPSA) is 32.3 Å². The largest absolute Gasteiger partial charge is 0.343 e. The molecular formula is C15H28N2O. The molecule has 0 saturated carbocycles. The number of nitrogens with zero attached hydrogens (tertiary/aromatic N) is 1.